The molecule has 1 atom stereocenters. The van der Waals surface area contributed by atoms with Crippen LogP contribution in [-0.4, -0.2) is 56.3 Å². The lowest BCUT2D eigenvalue weighted by Gasteiger charge is -2.23. The van der Waals surface area contributed by atoms with E-state index in [4.69, 9.17) is 5.73 Å². The molecule has 1 saturated heterocycles. The Balaban J connectivity index is 2.35. The molecule has 0 aliphatic carbocycles. The van der Waals surface area contributed by atoms with Gasteiger partial charge >= 0.3 is 0 Å². The van der Waals surface area contributed by atoms with Crippen molar-refractivity contribution in [3.63, 3.8) is 0 Å². The number of likely N-dealkylation sites (tertiary alicyclic amines) is 1. The first kappa shape index (κ1) is 19.9. The van der Waals surface area contributed by atoms with E-state index in [2.05, 4.69) is 6.92 Å². The van der Waals surface area contributed by atoms with Crippen LogP contribution in [0.15, 0.2) is 23.1 Å². The van der Waals surface area contributed by atoms with Gasteiger partial charge in [-0.05, 0) is 43.0 Å². The zero-order valence-electron chi connectivity index (χ0n) is 15.6. The van der Waals surface area contributed by atoms with Crippen molar-refractivity contribution in [3.8, 4) is 0 Å². The fraction of sp³-hybridized carbons (Fsp3) is 0.611. The highest BCUT2D eigenvalue weighted by Gasteiger charge is 2.35. The number of nitrogens with two attached hydrogens (primary N) is 1. The van der Waals surface area contributed by atoms with Gasteiger partial charge in [-0.15, -0.1) is 0 Å². The molecule has 0 saturated carbocycles. The van der Waals surface area contributed by atoms with Crippen LogP contribution in [0.4, 0.5) is 0 Å². The van der Waals surface area contributed by atoms with E-state index in [1.54, 1.807) is 24.0 Å². The highest BCUT2D eigenvalue weighted by Crippen LogP contribution is 2.30. The first-order valence-corrected chi connectivity index (χ1v) is 10.2. The van der Waals surface area contributed by atoms with Gasteiger partial charge in [-0.2, -0.15) is 4.31 Å². The Labute approximate surface area is 151 Å². The van der Waals surface area contributed by atoms with E-state index in [0.717, 1.165) is 6.42 Å². The lowest BCUT2D eigenvalue weighted by Crippen LogP contribution is -2.35. The van der Waals surface area contributed by atoms with Gasteiger partial charge in [0.05, 0.1) is 4.90 Å². The number of benzene rings is 1. The lowest BCUT2D eigenvalue weighted by atomic mass is 9.90. The van der Waals surface area contributed by atoms with Crippen LogP contribution in [0.25, 0.3) is 0 Å². The molecule has 0 spiro atoms. The standard InChI is InChI=1S/C18H29N3O3S/c1-5-21(6-2)25(23,24)16-11-15(8-7-14(16)3)17(22)20-10-9-18(4,12-19)13-20/h7-8,11H,5-6,9-10,12-13,19H2,1-4H3. The predicted octanol–water partition coefficient (Wildman–Crippen LogP) is 1.84. The van der Waals surface area contributed by atoms with Gasteiger partial charge in [0.25, 0.3) is 5.91 Å². The van der Waals surface area contributed by atoms with E-state index in [-0.39, 0.29) is 16.2 Å². The first-order chi connectivity index (χ1) is 11.7. The first-order valence-electron chi connectivity index (χ1n) is 8.78. The summed E-state index contributed by atoms with van der Waals surface area (Å²) in [6.07, 6.45) is 0.867. The third-order valence-corrected chi connectivity index (χ3v) is 7.29. The molecule has 0 aromatic heterocycles. The number of nitrogens with zero attached hydrogens (tertiary/aromatic N) is 2. The quantitative estimate of drug-likeness (QED) is 0.831. The summed E-state index contributed by atoms with van der Waals surface area (Å²) in [6.45, 7) is 10.0. The van der Waals surface area contributed by atoms with Crippen molar-refractivity contribution in [3.05, 3.63) is 29.3 Å². The minimum atomic E-state index is -3.60. The van der Waals surface area contributed by atoms with E-state index < -0.39 is 10.0 Å². The van der Waals surface area contributed by atoms with Gasteiger partial charge in [-0.1, -0.05) is 26.8 Å². The predicted molar refractivity (Wildman–Crippen MR) is 99.0 cm³/mol. The number of hydrogen-bond acceptors (Lipinski definition) is 4. The molecular weight excluding hydrogens is 338 g/mol. The Morgan fingerprint density at radius 2 is 1.96 bits per heavy atom. The van der Waals surface area contributed by atoms with Crippen molar-refractivity contribution in [2.45, 2.75) is 39.0 Å². The second-order valence-electron chi connectivity index (χ2n) is 7.06. The summed E-state index contributed by atoms with van der Waals surface area (Å²) in [6, 6.07) is 4.93. The smallest absolute Gasteiger partial charge is 0.253 e. The maximum absolute atomic E-state index is 12.8. The van der Waals surface area contributed by atoms with Crippen LogP contribution in [0.2, 0.25) is 0 Å². The highest BCUT2D eigenvalue weighted by atomic mass is 32.2. The van der Waals surface area contributed by atoms with Crippen molar-refractivity contribution >= 4 is 15.9 Å². The van der Waals surface area contributed by atoms with Crippen LogP contribution in [0, 0.1) is 12.3 Å². The summed E-state index contributed by atoms with van der Waals surface area (Å²) >= 11 is 0. The van der Waals surface area contributed by atoms with Gasteiger partial charge in [0.1, 0.15) is 0 Å². The number of carbonyl (C=O) groups is 1. The maximum atomic E-state index is 12.8. The zero-order valence-corrected chi connectivity index (χ0v) is 16.4. The van der Waals surface area contributed by atoms with Gasteiger partial charge in [0.15, 0.2) is 0 Å². The number of aryl methyl sites for hydroxylation is 1. The SMILES string of the molecule is CCN(CC)S(=O)(=O)c1cc(C(=O)N2CCC(C)(CN)C2)ccc1C. The zero-order chi connectivity index (χ0) is 18.8. The average Bonchev–Trinajstić information content (AvgIpc) is 2.98. The van der Waals surface area contributed by atoms with Crippen molar-refractivity contribution in [2.24, 2.45) is 11.1 Å². The summed E-state index contributed by atoms with van der Waals surface area (Å²) in [5.74, 6) is -0.131. The number of carbonyl (C=O) groups excluding carboxylic acids is 1. The Morgan fingerprint density at radius 1 is 1.32 bits per heavy atom. The van der Waals surface area contributed by atoms with Gasteiger partial charge < -0.3 is 10.6 Å². The fourth-order valence-corrected chi connectivity index (χ4v) is 4.97. The molecular formula is C18H29N3O3S. The molecule has 2 rings (SSSR count). The van der Waals surface area contributed by atoms with E-state index in [1.807, 2.05) is 13.8 Å². The second kappa shape index (κ2) is 7.43. The van der Waals surface area contributed by atoms with Gasteiger partial charge in [-0.3, -0.25) is 4.79 Å². The maximum Gasteiger partial charge on any atom is 0.253 e. The normalized spacial score (nSPS) is 21.1. The molecule has 1 fully saturated rings. The summed E-state index contributed by atoms with van der Waals surface area (Å²) in [5, 5.41) is 0. The number of sulfonamides is 1. The van der Waals surface area contributed by atoms with Crippen LogP contribution in [0.1, 0.15) is 43.1 Å². The van der Waals surface area contributed by atoms with Crippen LogP contribution >= 0.6 is 0 Å². The molecule has 25 heavy (non-hydrogen) atoms. The Morgan fingerprint density at radius 3 is 2.48 bits per heavy atom. The Hall–Kier alpha value is -1.44. The molecule has 1 aromatic rings. The molecule has 6 nitrogen and oxygen atoms in total. The van der Waals surface area contributed by atoms with Crippen molar-refractivity contribution < 1.29 is 13.2 Å². The average molecular weight is 368 g/mol. The molecule has 0 radical (unpaired) electrons. The molecule has 2 N–H and O–H groups in total. The second-order valence-corrected chi connectivity index (χ2v) is 8.97. The van der Waals surface area contributed by atoms with Crippen molar-refractivity contribution in [1.82, 2.24) is 9.21 Å². The number of rotatable bonds is 6. The summed E-state index contributed by atoms with van der Waals surface area (Å²) < 4.78 is 27.1. The molecule has 1 unspecified atom stereocenters. The van der Waals surface area contributed by atoms with E-state index in [1.165, 1.54) is 10.4 Å². The van der Waals surface area contributed by atoms with Gasteiger partial charge in [-0.25, -0.2) is 8.42 Å². The summed E-state index contributed by atoms with van der Waals surface area (Å²) in [5.41, 5.74) is 6.82. The fourth-order valence-electron chi connectivity index (χ4n) is 3.26. The molecule has 7 heteroatoms. The summed E-state index contributed by atoms with van der Waals surface area (Å²) in [4.78, 5) is 14.8. The van der Waals surface area contributed by atoms with Crippen molar-refractivity contribution in [1.29, 1.82) is 0 Å². The van der Waals surface area contributed by atoms with E-state index in [9.17, 15) is 13.2 Å². The van der Waals surface area contributed by atoms with Crippen molar-refractivity contribution in [2.75, 3.05) is 32.7 Å². The molecule has 1 aromatic carbocycles. The van der Waals surface area contributed by atoms with E-state index in [0.29, 0.717) is 43.9 Å². The minimum absolute atomic E-state index is 0.0590. The molecule has 140 valence electrons. The number of hydrogen-bond donors (Lipinski definition) is 1. The Kier molecular flexibility index (Phi) is 5.91. The van der Waals surface area contributed by atoms with E-state index >= 15 is 0 Å². The van der Waals surface area contributed by atoms with Crippen LogP contribution in [0.5, 0.6) is 0 Å². The topological polar surface area (TPSA) is 83.7 Å². The molecule has 1 aliphatic heterocycles. The monoisotopic (exact) mass is 367 g/mol. The van der Waals surface area contributed by atoms with Crippen LogP contribution in [-0.2, 0) is 10.0 Å². The minimum Gasteiger partial charge on any atom is -0.338 e. The molecule has 1 aliphatic rings. The third-order valence-electron chi connectivity index (χ3n) is 5.10. The third kappa shape index (κ3) is 3.88. The molecule has 0 bridgehead atoms. The largest absolute Gasteiger partial charge is 0.338 e. The number of amides is 1. The molecule has 1 heterocycles. The Bertz CT molecular complexity index is 744. The highest BCUT2D eigenvalue weighted by molar-refractivity contribution is 7.89. The molecule has 1 amide bonds. The summed E-state index contributed by atoms with van der Waals surface area (Å²) in [7, 11) is -3.60. The van der Waals surface area contributed by atoms with Gasteiger partial charge in [0.2, 0.25) is 10.0 Å². The van der Waals surface area contributed by atoms with Gasteiger partial charge in [0, 0.05) is 31.7 Å². The lowest BCUT2D eigenvalue weighted by molar-refractivity contribution is 0.0776. The van der Waals surface area contributed by atoms with Crippen LogP contribution in [0.3, 0.4) is 0 Å². The van der Waals surface area contributed by atoms with Crippen LogP contribution < -0.4 is 5.73 Å².